The zero-order valence-corrected chi connectivity index (χ0v) is 14.0. The lowest BCUT2D eigenvalue weighted by atomic mass is 10.2. The number of nitrogens with one attached hydrogen (secondary N) is 2. The monoisotopic (exact) mass is 339 g/mol. The van der Waals surface area contributed by atoms with E-state index in [0.717, 1.165) is 5.75 Å². The Balaban J connectivity index is 1.55. The number of amides is 1. The Morgan fingerprint density at radius 2 is 2.00 bits per heavy atom. The number of aromatic amines is 1. The molecule has 1 atom stereocenters. The number of benzene rings is 1. The molecular weight excluding hydrogens is 322 g/mol. The predicted octanol–water partition coefficient (Wildman–Crippen LogP) is 3.13. The van der Waals surface area contributed by atoms with Crippen molar-refractivity contribution in [1.82, 2.24) is 20.2 Å². The van der Waals surface area contributed by atoms with E-state index in [-0.39, 0.29) is 17.1 Å². The number of rotatable bonds is 6. The maximum absolute atomic E-state index is 12.2. The van der Waals surface area contributed by atoms with Gasteiger partial charge in [0.25, 0.3) is 0 Å². The number of hydrogen-bond acceptors (Lipinski definition) is 5. The molecule has 2 heterocycles. The maximum Gasteiger partial charge on any atom is 0.249 e. The topological polar surface area (TPSA) is 83.6 Å². The van der Waals surface area contributed by atoms with Gasteiger partial charge in [-0.25, -0.2) is 0 Å². The SMILES string of the molecule is C[C@H](SCc1ccccc1)C(=O)Nc1n[nH]c(-c2ccccn2)n1. The molecule has 1 amide bonds. The third-order valence-electron chi connectivity index (χ3n) is 3.34. The van der Waals surface area contributed by atoms with E-state index >= 15 is 0 Å². The van der Waals surface area contributed by atoms with Gasteiger partial charge in [0.05, 0.1) is 5.25 Å². The van der Waals surface area contributed by atoms with Crippen LogP contribution in [0.2, 0.25) is 0 Å². The van der Waals surface area contributed by atoms with Gasteiger partial charge in [-0.1, -0.05) is 36.4 Å². The number of thioether (sulfide) groups is 1. The van der Waals surface area contributed by atoms with E-state index in [2.05, 4.69) is 25.5 Å². The first-order valence-corrected chi connectivity index (χ1v) is 8.57. The molecule has 0 saturated heterocycles. The lowest BCUT2D eigenvalue weighted by molar-refractivity contribution is -0.115. The fourth-order valence-electron chi connectivity index (χ4n) is 2.02. The Hall–Kier alpha value is -2.67. The number of anilines is 1. The second kappa shape index (κ2) is 7.74. The highest BCUT2D eigenvalue weighted by atomic mass is 32.2. The molecule has 2 N–H and O–H groups in total. The van der Waals surface area contributed by atoms with Crippen molar-refractivity contribution in [2.75, 3.05) is 5.32 Å². The number of carbonyl (C=O) groups excluding carboxylic acids is 1. The average Bonchev–Trinajstić information content (AvgIpc) is 3.10. The van der Waals surface area contributed by atoms with Gasteiger partial charge < -0.3 is 0 Å². The van der Waals surface area contributed by atoms with E-state index in [1.165, 1.54) is 5.56 Å². The summed E-state index contributed by atoms with van der Waals surface area (Å²) in [6.45, 7) is 1.87. The summed E-state index contributed by atoms with van der Waals surface area (Å²) in [6.07, 6.45) is 1.68. The molecular formula is C17H17N5OS. The Morgan fingerprint density at radius 3 is 2.75 bits per heavy atom. The van der Waals surface area contributed by atoms with Gasteiger partial charge in [-0.3, -0.25) is 20.2 Å². The molecule has 122 valence electrons. The van der Waals surface area contributed by atoms with Gasteiger partial charge >= 0.3 is 0 Å². The minimum atomic E-state index is -0.206. The van der Waals surface area contributed by atoms with Crippen LogP contribution in [-0.2, 0) is 10.5 Å². The van der Waals surface area contributed by atoms with E-state index in [9.17, 15) is 4.79 Å². The first kappa shape index (κ1) is 16.2. The van der Waals surface area contributed by atoms with Gasteiger partial charge in [-0.05, 0) is 24.6 Å². The Kier molecular flexibility index (Phi) is 5.22. The van der Waals surface area contributed by atoms with Gasteiger partial charge in [0, 0.05) is 11.9 Å². The molecule has 0 saturated carbocycles. The predicted molar refractivity (Wildman–Crippen MR) is 95.4 cm³/mol. The molecule has 0 radical (unpaired) electrons. The number of H-pyrrole nitrogens is 1. The van der Waals surface area contributed by atoms with Crippen LogP contribution in [0, 0.1) is 0 Å². The molecule has 0 unspecified atom stereocenters. The summed E-state index contributed by atoms with van der Waals surface area (Å²) in [5.41, 5.74) is 1.87. The van der Waals surface area contributed by atoms with Gasteiger partial charge in [-0.15, -0.1) is 16.9 Å². The molecule has 1 aromatic carbocycles. The number of carbonyl (C=O) groups is 1. The highest BCUT2D eigenvalue weighted by molar-refractivity contribution is 7.99. The lowest BCUT2D eigenvalue weighted by Gasteiger charge is -2.09. The van der Waals surface area contributed by atoms with Gasteiger partial charge in [0.15, 0.2) is 5.82 Å². The minimum absolute atomic E-state index is 0.123. The second-order valence-electron chi connectivity index (χ2n) is 5.15. The molecule has 0 aliphatic carbocycles. The number of hydrogen-bond donors (Lipinski definition) is 2. The van der Waals surface area contributed by atoms with Crippen LogP contribution >= 0.6 is 11.8 Å². The summed E-state index contributed by atoms with van der Waals surface area (Å²) < 4.78 is 0. The van der Waals surface area contributed by atoms with Gasteiger partial charge in [-0.2, -0.15) is 4.98 Å². The molecule has 0 bridgehead atoms. The highest BCUT2D eigenvalue weighted by Crippen LogP contribution is 2.19. The Bertz CT molecular complexity index is 791. The van der Waals surface area contributed by atoms with E-state index in [0.29, 0.717) is 11.5 Å². The first-order chi connectivity index (χ1) is 11.7. The summed E-state index contributed by atoms with van der Waals surface area (Å²) in [5.74, 6) is 1.44. The van der Waals surface area contributed by atoms with Crippen molar-refractivity contribution in [3.05, 3.63) is 60.3 Å². The third kappa shape index (κ3) is 4.20. The Labute approximate surface area is 144 Å². The number of aromatic nitrogens is 4. The third-order valence-corrected chi connectivity index (χ3v) is 4.55. The van der Waals surface area contributed by atoms with Gasteiger partial charge in [0.1, 0.15) is 5.69 Å². The zero-order chi connectivity index (χ0) is 16.8. The van der Waals surface area contributed by atoms with Crippen molar-refractivity contribution in [3.63, 3.8) is 0 Å². The molecule has 0 aliphatic rings. The first-order valence-electron chi connectivity index (χ1n) is 7.52. The van der Waals surface area contributed by atoms with Crippen LogP contribution in [0.25, 0.3) is 11.5 Å². The van der Waals surface area contributed by atoms with Crippen molar-refractivity contribution >= 4 is 23.6 Å². The summed E-state index contributed by atoms with van der Waals surface area (Å²) in [4.78, 5) is 20.7. The van der Waals surface area contributed by atoms with Gasteiger partial charge in [0.2, 0.25) is 11.9 Å². The molecule has 2 aromatic heterocycles. The van der Waals surface area contributed by atoms with E-state index in [1.54, 1.807) is 18.0 Å². The van der Waals surface area contributed by atoms with Crippen LogP contribution in [0.3, 0.4) is 0 Å². The molecule has 0 fully saturated rings. The van der Waals surface area contributed by atoms with Crippen molar-refractivity contribution in [2.45, 2.75) is 17.9 Å². The fourth-order valence-corrected chi connectivity index (χ4v) is 2.86. The van der Waals surface area contributed by atoms with Crippen molar-refractivity contribution < 1.29 is 4.79 Å². The lowest BCUT2D eigenvalue weighted by Crippen LogP contribution is -2.23. The molecule has 0 spiro atoms. The average molecular weight is 339 g/mol. The molecule has 0 aliphatic heterocycles. The van der Waals surface area contributed by atoms with E-state index in [1.807, 2.05) is 55.5 Å². The van der Waals surface area contributed by atoms with Crippen LogP contribution in [0.5, 0.6) is 0 Å². The van der Waals surface area contributed by atoms with Crippen LogP contribution in [0.15, 0.2) is 54.7 Å². The molecule has 7 heteroatoms. The van der Waals surface area contributed by atoms with Crippen LogP contribution in [-0.4, -0.2) is 31.3 Å². The molecule has 6 nitrogen and oxygen atoms in total. The minimum Gasteiger partial charge on any atom is -0.292 e. The van der Waals surface area contributed by atoms with E-state index in [4.69, 9.17) is 0 Å². The maximum atomic E-state index is 12.2. The molecule has 3 aromatic rings. The summed E-state index contributed by atoms with van der Waals surface area (Å²) in [7, 11) is 0. The molecule has 24 heavy (non-hydrogen) atoms. The summed E-state index contributed by atoms with van der Waals surface area (Å²) in [6, 6.07) is 15.6. The number of nitrogens with zero attached hydrogens (tertiary/aromatic N) is 3. The summed E-state index contributed by atoms with van der Waals surface area (Å²) in [5, 5.41) is 9.32. The standard InChI is InChI=1S/C17H17N5OS/c1-12(24-11-13-7-3-2-4-8-13)16(23)20-17-19-15(21-22-17)14-9-5-6-10-18-14/h2-10,12H,11H2,1H3,(H2,19,20,21,22,23)/t12-/m0/s1. The van der Waals surface area contributed by atoms with E-state index < -0.39 is 0 Å². The van der Waals surface area contributed by atoms with Crippen LogP contribution < -0.4 is 5.32 Å². The van der Waals surface area contributed by atoms with Crippen molar-refractivity contribution in [1.29, 1.82) is 0 Å². The normalized spacial score (nSPS) is 11.9. The largest absolute Gasteiger partial charge is 0.292 e. The highest BCUT2D eigenvalue weighted by Gasteiger charge is 2.16. The zero-order valence-electron chi connectivity index (χ0n) is 13.1. The smallest absolute Gasteiger partial charge is 0.249 e. The second-order valence-corrected chi connectivity index (χ2v) is 6.48. The summed E-state index contributed by atoms with van der Waals surface area (Å²) >= 11 is 1.57. The van der Waals surface area contributed by atoms with Crippen molar-refractivity contribution in [2.24, 2.45) is 0 Å². The van der Waals surface area contributed by atoms with Crippen molar-refractivity contribution in [3.8, 4) is 11.5 Å². The quantitative estimate of drug-likeness (QED) is 0.721. The number of pyridine rings is 1. The fraction of sp³-hybridized carbons (Fsp3) is 0.176. The van der Waals surface area contributed by atoms with Crippen LogP contribution in [0.1, 0.15) is 12.5 Å². The Morgan fingerprint density at radius 1 is 1.21 bits per heavy atom. The molecule has 3 rings (SSSR count). The van der Waals surface area contributed by atoms with Crippen LogP contribution in [0.4, 0.5) is 5.95 Å².